The summed E-state index contributed by atoms with van der Waals surface area (Å²) in [4.78, 5) is 6.48. The summed E-state index contributed by atoms with van der Waals surface area (Å²) in [5.74, 6) is 0.447. The number of hydrogen-bond acceptors (Lipinski definition) is 5. The summed E-state index contributed by atoms with van der Waals surface area (Å²) in [5, 5.41) is 3.98. The Balaban J connectivity index is 1.33. The van der Waals surface area contributed by atoms with Crippen molar-refractivity contribution >= 4 is 21.9 Å². The van der Waals surface area contributed by atoms with Gasteiger partial charge in [-0.2, -0.15) is 4.98 Å². The average molecular weight is 414 g/mol. The van der Waals surface area contributed by atoms with Crippen LogP contribution in [0.5, 0.6) is 5.75 Å². The summed E-state index contributed by atoms with van der Waals surface area (Å²) in [5.41, 5.74) is 0. The minimum atomic E-state index is -0.689. The highest BCUT2D eigenvalue weighted by atomic mass is 79.9. The molecule has 2 aromatic rings. The standard InChI is InChI=1S/C17H18BrF2N3O2/c1-8(2)16-21-17(25-22-16)23-5-10-11(6-23)12(10)7-24-15-13(19)3-9(18)4-14(15)20/h3-4,8,10-12H,5-7H2,1-2H3/t10-,11?,12?/m1/s1. The maximum atomic E-state index is 13.8. The topological polar surface area (TPSA) is 51.4 Å². The third-order valence-corrected chi connectivity index (χ3v) is 5.43. The molecule has 0 spiro atoms. The van der Waals surface area contributed by atoms with Crippen LogP contribution in [0.15, 0.2) is 21.1 Å². The molecule has 1 saturated carbocycles. The second-order valence-electron chi connectivity index (χ2n) is 7.00. The van der Waals surface area contributed by atoms with E-state index < -0.39 is 11.6 Å². The Morgan fingerprint density at radius 1 is 1.28 bits per heavy atom. The van der Waals surface area contributed by atoms with Gasteiger partial charge in [-0.05, 0) is 24.0 Å². The molecule has 2 heterocycles. The fourth-order valence-electron chi connectivity index (χ4n) is 3.49. The van der Waals surface area contributed by atoms with Gasteiger partial charge in [0.05, 0.1) is 6.61 Å². The van der Waals surface area contributed by atoms with Crippen LogP contribution in [0.25, 0.3) is 0 Å². The summed E-state index contributed by atoms with van der Waals surface area (Å²) < 4.78 is 38.7. The van der Waals surface area contributed by atoms with Crippen molar-refractivity contribution in [1.82, 2.24) is 10.1 Å². The number of anilines is 1. The summed E-state index contributed by atoms with van der Waals surface area (Å²) in [6.07, 6.45) is 0. The van der Waals surface area contributed by atoms with Gasteiger partial charge in [0.25, 0.3) is 0 Å². The van der Waals surface area contributed by atoms with Crippen molar-refractivity contribution in [3.63, 3.8) is 0 Å². The van der Waals surface area contributed by atoms with E-state index in [0.717, 1.165) is 13.1 Å². The van der Waals surface area contributed by atoms with Crippen molar-refractivity contribution in [2.24, 2.45) is 17.8 Å². The highest BCUT2D eigenvalue weighted by Gasteiger charge is 2.57. The van der Waals surface area contributed by atoms with Crippen molar-refractivity contribution in [3.8, 4) is 5.75 Å². The highest BCUT2D eigenvalue weighted by molar-refractivity contribution is 9.10. The van der Waals surface area contributed by atoms with Crippen LogP contribution < -0.4 is 9.64 Å². The fraction of sp³-hybridized carbons (Fsp3) is 0.529. The Kier molecular flexibility index (Phi) is 4.17. The molecular weight excluding hydrogens is 396 g/mol. The van der Waals surface area contributed by atoms with Crippen LogP contribution in [0.1, 0.15) is 25.6 Å². The highest BCUT2D eigenvalue weighted by Crippen LogP contribution is 2.52. The maximum absolute atomic E-state index is 13.8. The van der Waals surface area contributed by atoms with E-state index in [9.17, 15) is 8.78 Å². The van der Waals surface area contributed by atoms with E-state index in [1.807, 2.05) is 13.8 Å². The first kappa shape index (κ1) is 16.8. The van der Waals surface area contributed by atoms with Crippen LogP contribution in [-0.2, 0) is 0 Å². The Hall–Kier alpha value is -1.70. The van der Waals surface area contributed by atoms with Crippen molar-refractivity contribution in [2.75, 3.05) is 24.6 Å². The molecule has 2 aliphatic rings. The number of rotatable bonds is 5. The SMILES string of the molecule is CC(C)c1noc(N2CC3C(COc4c(F)cc(Br)cc4F)[C@@H]3C2)n1. The monoisotopic (exact) mass is 413 g/mol. The van der Waals surface area contributed by atoms with Crippen LogP contribution >= 0.6 is 15.9 Å². The van der Waals surface area contributed by atoms with Gasteiger partial charge in [-0.15, -0.1) is 0 Å². The summed E-state index contributed by atoms with van der Waals surface area (Å²) in [6, 6.07) is 2.96. The third-order valence-electron chi connectivity index (χ3n) is 4.97. The molecule has 3 atom stereocenters. The van der Waals surface area contributed by atoms with Crippen molar-refractivity contribution in [1.29, 1.82) is 0 Å². The lowest BCUT2D eigenvalue weighted by atomic mass is 10.2. The number of halogens is 3. The van der Waals surface area contributed by atoms with Crippen LogP contribution in [0.2, 0.25) is 0 Å². The first-order valence-electron chi connectivity index (χ1n) is 8.30. The molecule has 0 bridgehead atoms. The second-order valence-corrected chi connectivity index (χ2v) is 7.91. The lowest BCUT2D eigenvalue weighted by Crippen LogP contribution is -2.25. The van der Waals surface area contributed by atoms with E-state index >= 15 is 0 Å². The number of hydrogen-bond donors (Lipinski definition) is 0. The number of nitrogens with zero attached hydrogens (tertiary/aromatic N) is 3. The number of benzene rings is 1. The molecule has 25 heavy (non-hydrogen) atoms. The van der Waals surface area contributed by atoms with Gasteiger partial charge in [0.15, 0.2) is 23.2 Å². The Labute approximate surface area is 152 Å². The normalized spacial score (nSPS) is 24.7. The molecule has 1 aliphatic carbocycles. The van der Waals surface area contributed by atoms with Gasteiger partial charge in [0, 0.05) is 29.4 Å². The van der Waals surface area contributed by atoms with Gasteiger partial charge >= 0.3 is 6.01 Å². The first-order valence-corrected chi connectivity index (χ1v) is 9.09. The number of fused-ring (bicyclic) bond motifs is 1. The summed E-state index contributed by atoms with van der Waals surface area (Å²) in [6.45, 7) is 5.97. The van der Waals surface area contributed by atoms with E-state index in [4.69, 9.17) is 9.26 Å². The van der Waals surface area contributed by atoms with E-state index in [1.165, 1.54) is 12.1 Å². The third kappa shape index (κ3) is 3.12. The molecular formula is C17H18BrF2N3O2. The van der Waals surface area contributed by atoms with Crippen molar-refractivity contribution in [3.05, 3.63) is 34.1 Å². The molecule has 2 fully saturated rings. The predicted octanol–water partition coefficient (Wildman–Crippen LogP) is 3.99. The fourth-order valence-corrected chi connectivity index (χ4v) is 3.89. The van der Waals surface area contributed by atoms with Crippen molar-refractivity contribution in [2.45, 2.75) is 19.8 Å². The van der Waals surface area contributed by atoms with E-state index in [0.29, 0.717) is 40.7 Å². The predicted molar refractivity (Wildman–Crippen MR) is 90.6 cm³/mol. The minimum Gasteiger partial charge on any atom is -0.487 e. The van der Waals surface area contributed by atoms with Gasteiger partial charge in [0.2, 0.25) is 0 Å². The van der Waals surface area contributed by atoms with Gasteiger partial charge in [-0.25, -0.2) is 8.78 Å². The number of piperidine rings is 1. The van der Waals surface area contributed by atoms with Crippen LogP contribution in [0.3, 0.4) is 0 Å². The summed E-state index contributed by atoms with van der Waals surface area (Å²) >= 11 is 3.06. The number of ether oxygens (including phenoxy) is 1. The van der Waals surface area contributed by atoms with Gasteiger partial charge in [-0.1, -0.05) is 34.9 Å². The second kappa shape index (κ2) is 6.23. The largest absolute Gasteiger partial charge is 0.487 e. The van der Waals surface area contributed by atoms with Gasteiger partial charge in [0.1, 0.15) is 0 Å². The van der Waals surface area contributed by atoms with Crippen LogP contribution in [0.4, 0.5) is 14.8 Å². The van der Waals surface area contributed by atoms with Gasteiger partial charge < -0.3 is 14.2 Å². The Morgan fingerprint density at radius 3 is 2.48 bits per heavy atom. The van der Waals surface area contributed by atoms with Crippen LogP contribution in [0, 0.1) is 29.4 Å². The molecule has 0 radical (unpaired) electrons. The number of aromatic nitrogens is 2. The van der Waals surface area contributed by atoms with Gasteiger partial charge in [-0.3, -0.25) is 0 Å². The Morgan fingerprint density at radius 2 is 1.92 bits per heavy atom. The van der Waals surface area contributed by atoms with E-state index in [2.05, 4.69) is 31.0 Å². The Bertz CT molecular complexity index is 763. The first-order chi connectivity index (χ1) is 11.9. The molecule has 2 unspecified atom stereocenters. The van der Waals surface area contributed by atoms with E-state index in [1.54, 1.807) is 0 Å². The summed E-state index contributed by atoms with van der Waals surface area (Å²) in [7, 11) is 0. The van der Waals surface area contributed by atoms with Crippen molar-refractivity contribution < 1.29 is 18.0 Å². The quantitative estimate of drug-likeness (QED) is 0.741. The molecule has 1 aromatic heterocycles. The molecule has 0 N–H and O–H groups in total. The molecule has 1 aliphatic heterocycles. The smallest absolute Gasteiger partial charge is 0.324 e. The van der Waals surface area contributed by atoms with Crippen LogP contribution in [-0.4, -0.2) is 29.8 Å². The zero-order valence-corrected chi connectivity index (χ0v) is 15.5. The zero-order valence-electron chi connectivity index (χ0n) is 13.9. The zero-order chi connectivity index (χ0) is 17.7. The maximum Gasteiger partial charge on any atom is 0.324 e. The minimum absolute atomic E-state index is 0.228. The van der Waals surface area contributed by atoms with E-state index in [-0.39, 0.29) is 11.7 Å². The molecule has 8 heteroatoms. The average Bonchev–Trinajstić information content (AvgIpc) is 2.97. The molecule has 4 rings (SSSR count). The molecule has 0 amide bonds. The molecule has 1 aromatic carbocycles. The molecule has 1 saturated heterocycles. The lowest BCUT2D eigenvalue weighted by Gasteiger charge is -2.17. The molecule has 134 valence electrons. The lowest BCUT2D eigenvalue weighted by molar-refractivity contribution is 0.256. The molecule has 5 nitrogen and oxygen atoms in total.